The van der Waals surface area contributed by atoms with Crippen molar-refractivity contribution in [3.05, 3.63) is 21.4 Å². The largest absolute Gasteiger partial charge is 0.310 e. The first kappa shape index (κ1) is 16.0. The van der Waals surface area contributed by atoms with Gasteiger partial charge in [0.25, 0.3) is 0 Å². The minimum Gasteiger partial charge on any atom is -0.310 e. The molecule has 2 nitrogen and oxygen atoms in total. The third-order valence-electron chi connectivity index (χ3n) is 4.41. The molecule has 2 atom stereocenters. The Morgan fingerprint density at radius 3 is 2.80 bits per heavy atom. The van der Waals surface area contributed by atoms with Gasteiger partial charge in [-0.25, -0.2) is 0 Å². The van der Waals surface area contributed by atoms with Gasteiger partial charge >= 0.3 is 0 Å². The number of piperidine rings is 1. The predicted molar refractivity (Wildman–Crippen MR) is 89.3 cm³/mol. The molecule has 0 aliphatic carbocycles. The van der Waals surface area contributed by atoms with E-state index in [4.69, 9.17) is 0 Å². The van der Waals surface area contributed by atoms with Crippen LogP contribution in [0.5, 0.6) is 0 Å². The van der Waals surface area contributed by atoms with Crippen molar-refractivity contribution in [3.63, 3.8) is 0 Å². The molecule has 1 N–H and O–H groups in total. The summed E-state index contributed by atoms with van der Waals surface area (Å²) in [5.41, 5.74) is 1.54. The molecule has 20 heavy (non-hydrogen) atoms. The molecule has 2 heterocycles. The summed E-state index contributed by atoms with van der Waals surface area (Å²) in [5, 5.41) is 3.52. The van der Waals surface area contributed by atoms with Crippen LogP contribution in [0.4, 0.5) is 0 Å². The highest BCUT2D eigenvalue weighted by Gasteiger charge is 2.23. The molecule has 0 spiro atoms. The van der Waals surface area contributed by atoms with E-state index >= 15 is 0 Å². The standard InChI is InChI=1S/C17H30N2S/c1-12(2)18-10-17-9-16(15(5)20-17)11-19-7-6-13(3)8-14(19)4/h9,12-14,18H,6-8,10-11H2,1-5H3. The van der Waals surface area contributed by atoms with Gasteiger partial charge in [0.1, 0.15) is 0 Å². The topological polar surface area (TPSA) is 15.3 Å². The van der Waals surface area contributed by atoms with Crippen LogP contribution in [0.15, 0.2) is 6.07 Å². The van der Waals surface area contributed by atoms with Gasteiger partial charge in [0, 0.05) is 34.9 Å². The van der Waals surface area contributed by atoms with Crippen LogP contribution >= 0.6 is 11.3 Å². The molecule has 1 aliphatic heterocycles. The minimum atomic E-state index is 0.560. The van der Waals surface area contributed by atoms with Gasteiger partial charge in [-0.2, -0.15) is 0 Å². The van der Waals surface area contributed by atoms with E-state index in [0.29, 0.717) is 6.04 Å². The van der Waals surface area contributed by atoms with E-state index in [-0.39, 0.29) is 0 Å². The molecule has 1 aliphatic rings. The van der Waals surface area contributed by atoms with Gasteiger partial charge in [-0.15, -0.1) is 11.3 Å². The highest BCUT2D eigenvalue weighted by Crippen LogP contribution is 2.27. The number of likely N-dealkylation sites (tertiary alicyclic amines) is 1. The van der Waals surface area contributed by atoms with Crippen LogP contribution in [0.3, 0.4) is 0 Å². The molecule has 0 amide bonds. The Bertz CT molecular complexity index is 425. The molecule has 2 rings (SSSR count). The third-order valence-corrected chi connectivity index (χ3v) is 5.50. The highest BCUT2D eigenvalue weighted by atomic mass is 32.1. The van der Waals surface area contributed by atoms with Crippen LogP contribution in [0.2, 0.25) is 0 Å². The molecule has 1 saturated heterocycles. The lowest BCUT2D eigenvalue weighted by Crippen LogP contribution is -2.39. The van der Waals surface area contributed by atoms with E-state index in [1.165, 1.54) is 34.7 Å². The predicted octanol–water partition coefficient (Wildman–Crippen LogP) is 4.17. The Hall–Kier alpha value is -0.380. The second-order valence-electron chi connectivity index (χ2n) is 6.78. The lowest BCUT2D eigenvalue weighted by molar-refractivity contribution is 0.122. The maximum absolute atomic E-state index is 3.52. The molecule has 0 saturated carbocycles. The van der Waals surface area contributed by atoms with Crippen molar-refractivity contribution >= 4 is 11.3 Å². The summed E-state index contributed by atoms with van der Waals surface area (Å²) in [6.45, 7) is 14.9. The summed E-state index contributed by atoms with van der Waals surface area (Å²) in [4.78, 5) is 5.63. The lowest BCUT2D eigenvalue weighted by Gasteiger charge is -2.36. The molecule has 3 heteroatoms. The molecule has 114 valence electrons. The molecule has 1 aromatic rings. The summed E-state index contributed by atoms with van der Waals surface area (Å²) in [6.07, 6.45) is 2.71. The smallest absolute Gasteiger partial charge is 0.0302 e. The Morgan fingerprint density at radius 1 is 1.40 bits per heavy atom. The van der Waals surface area contributed by atoms with E-state index in [9.17, 15) is 0 Å². The quantitative estimate of drug-likeness (QED) is 0.876. The van der Waals surface area contributed by atoms with Crippen LogP contribution in [0, 0.1) is 12.8 Å². The van der Waals surface area contributed by atoms with Gasteiger partial charge < -0.3 is 5.32 Å². The fourth-order valence-electron chi connectivity index (χ4n) is 3.05. The van der Waals surface area contributed by atoms with Crippen LogP contribution in [-0.2, 0) is 13.1 Å². The summed E-state index contributed by atoms with van der Waals surface area (Å²) >= 11 is 1.96. The maximum Gasteiger partial charge on any atom is 0.0302 e. The molecular weight excluding hydrogens is 264 g/mol. The zero-order valence-electron chi connectivity index (χ0n) is 13.7. The second-order valence-corrected chi connectivity index (χ2v) is 8.12. The van der Waals surface area contributed by atoms with Gasteiger partial charge in [0.15, 0.2) is 0 Å². The monoisotopic (exact) mass is 294 g/mol. The van der Waals surface area contributed by atoms with Crippen molar-refractivity contribution in [2.24, 2.45) is 5.92 Å². The minimum absolute atomic E-state index is 0.560. The Kier molecular flexibility index (Phi) is 5.65. The average molecular weight is 295 g/mol. The molecule has 0 aromatic carbocycles. The number of aryl methyl sites for hydroxylation is 1. The zero-order valence-corrected chi connectivity index (χ0v) is 14.5. The lowest BCUT2D eigenvalue weighted by atomic mass is 9.93. The van der Waals surface area contributed by atoms with Crippen LogP contribution in [0.1, 0.15) is 55.9 Å². The van der Waals surface area contributed by atoms with Crippen LogP contribution in [0.25, 0.3) is 0 Å². The van der Waals surface area contributed by atoms with Crippen molar-refractivity contribution in [2.45, 2.75) is 72.6 Å². The molecular formula is C17H30N2S. The third kappa shape index (κ3) is 4.31. The van der Waals surface area contributed by atoms with Gasteiger partial charge in [-0.1, -0.05) is 20.8 Å². The van der Waals surface area contributed by atoms with E-state index < -0.39 is 0 Å². The summed E-state index contributed by atoms with van der Waals surface area (Å²) in [5.74, 6) is 0.899. The fraction of sp³-hybridized carbons (Fsp3) is 0.765. The summed E-state index contributed by atoms with van der Waals surface area (Å²) in [7, 11) is 0. The first-order chi connectivity index (χ1) is 9.45. The van der Waals surface area contributed by atoms with Gasteiger partial charge in [0.2, 0.25) is 0 Å². The normalized spacial score (nSPS) is 24.5. The van der Waals surface area contributed by atoms with E-state index in [2.05, 4.69) is 50.9 Å². The first-order valence-electron chi connectivity index (χ1n) is 8.01. The van der Waals surface area contributed by atoms with Crippen LogP contribution in [-0.4, -0.2) is 23.5 Å². The van der Waals surface area contributed by atoms with Crippen molar-refractivity contribution in [3.8, 4) is 0 Å². The molecule has 0 bridgehead atoms. The highest BCUT2D eigenvalue weighted by molar-refractivity contribution is 7.12. The second kappa shape index (κ2) is 7.06. The van der Waals surface area contributed by atoms with E-state index in [1.54, 1.807) is 0 Å². The van der Waals surface area contributed by atoms with Gasteiger partial charge in [-0.3, -0.25) is 4.90 Å². The van der Waals surface area contributed by atoms with E-state index in [0.717, 1.165) is 25.0 Å². The summed E-state index contributed by atoms with van der Waals surface area (Å²) in [6, 6.07) is 3.71. The van der Waals surface area contributed by atoms with Gasteiger partial charge in [0.05, 0.1) is 0 Å². The van der Waals surface area contributed by atoms with Crippen molar-refractivity contribution in [2.75, 3.05) is 6.54 Å². The summed E-state index contributed by atoms with van der Waals surface area (Å²) < 4.78 is 0. The number of nitrogens with zero attached hydrogens (tertiary/aromatic N) is 1. The number of hydrogen-bond acceptors (Lipinski definition) is 3. The first-order valence-corrected chi connectivity index (χ1v) is 8.83. The molecule has 0 radical (unpaired) electrons. The van der Waals surface area contributed by atoms with Crippen molar-refractivity contribution < 1.29 is 0 Å². The molecule has 1 aromatic heterocycles. The Morgan fingerprint density at radius 2 is 2.15 bits per heavy atom. The zero-order chi connectivity index (χ0) is 14.7. The Balaban J connectivity index is 1.95. The number of thiophene rings is 1. The number of rotatable bonds is 5. The van der Waals surface area contributed by atoms with Crippen molar-refractivity contribution in [1.29, 1.82) is 0 Å². The SMILES string of the molecule is Cc1sc(CNC(C)C)cc1CN1CCC(C)CC1C. The fourth-order valence-corrected chi connectivity index (χ4v) is 4.05. The Labute approximate surface area is 128 Å². The average Bonchev–Trinajstić information content (AvgIpc) is 2.71. The van der Waals surface area contributed by atoms with Crippen LogP contribution < -0.4 is 5.32 Å². The number of hydrogen-bond donors (Lipinski definition) is 1. The molecule has 2 unspecified atom stereocenters. The van der Waals surface area contributed by atoms with Gasteiger partial charge in [-0.05, 0) is 50.8 Å². The number of nitrogens with one attached hydrogen (secondary N) is 1. The maximum atomic E-state index is 3.52. The van der Waals surface area contributed by atoms with Crippen molar-refractivity contribution in [1.82, 2.24) is 10.2 Å². The molecule has 1 fully saturated rings. The van der Waals surface area contributed by atoms with E-state index in [1.807, 2.05) is 11.3 Å².